The van der Waals surface area contributed by atoms with Crippen molar-refractivity contribution >= 4 is 35.0 Å². The summed E-state index contributed by atoms with van der Waals surface area (Å²) in [6, 6.07) is 0. The van der Waals surface area contributed by atoms with E-state index < -0.39 is 28.9 Å². The van der Waals surface area contributed by atoms with E-state index in [1.54, 1.807) is 25.7 Å². The van der Waals surface area contributed by atoms with E-state index in [4.69, 9.17) is 18.9 Å². The van der Waals surface area contributed by atoms with Gasteiger partial charge in [-0.15, -0.1) is 4.37 Å². The lowest BCUT2D eigenvalue weighted by atomic mass is 9.92. The van der Waals surface area contributed by atoms with Gasteiger partial charge < -0.3 is 28.7 Å². The highest BCUT2D eigenvalue weighted by Crippen LogP contribution is 2.30. The van der Waals surface area contributed by atoms with Crippen molar-refractivity contribution in [3.05, 3.63) is 0 Å². The summed E-state index contributed by atoms with van der Waals surface area (Å²) in [6.07, 6.45) is -0.769. The average molecular weight is 585 g/mol. The number of hydrogen-bond acceptors (Lipinski definition) is 11. The number of aromatic nitrogens is 2. The molecule has 1 amide bonds. The van der Waals surface area contributed by atoms with Crippen LogP contribution < -0.4 is 9.64 Å². The van der Waals surface area contributed by atoms with Crippen molar-refractivity contribution in [2.45, 2.75) is 111 Å². The van der Waals surface area contributed by atoms with Crippen molar-refractivity contribution < 1.29 is 33.3 Å². The van der Waals surface area contributed by atoms with Crippen LogP contribution in [0.1, 0.15) is 82.1 Å². The third kappa shape index (κ3) is 8.67. The SMILES string of the molecule is CCC(C)(O[C@@H](C)C(=O)C(C)(CC)O[C@H](COc1nsnc1N1CCOCC1)CN(C(C)=O)C(C)(C)C)C(C)=O. The van der Waals surface area contributed by atoms with Crippen molar-refractivity contribution in [1.29, 1.82) is 0 Å². The maximum Gasteiger partial charge on any atom is 0.270 e. The molecule has 2 rings (SSSR count). The van der Waals surface area contributed by atoms with E-state index in [1.165, 1.54) is 13.8 Å². The quantitative estimate of drug-likeness (QED) is 0.302. The van der Waals surface area contributed by atoms with Gasteiger partial charge in [-0.05, 0) is 61.3 Å². The normalized spacial score (nSPS) is 18.8. The van der Waals surface area contributed by atoms with Crippen LogP contribution in [0.5, 0.6) is 5.88 Å². The number of carbonyl (C=O) groups excluding carboxylic acids is 3. The Hall–Kier alpha value is -2.15. The average Bonchev–Trinajstić information content (AvgIpc) is 3.37. The standard InChI is InChI=1S/C28H48N4O7S/c1-11-27(9,20(4)33)38-19(3)23(35)28(10,12-2)39-22(17-32(21(5)34)26(6,7)8)18-37-25-24(29-40-30-25)31-13-15-36-16-14-31/h19,22H,11-18H2,1-10H3/t19-,22-,27?,28?/m0/s1. The zero-order chi connectivity index (χ0) is 30.3. The first-order valence-electron chi connectivity index (χ1n) is 14.0. The Morgan fingerprint density at radius 3 is 2.10 bits per heavy atom. The smallest absolute Gasteiger partial charge is 0.270 e. The number of anilines is 1. The molecular formula is C28H48N4O7S. The van der Waals surface area contributed by atoms with Crippen molar-refractivity contribution in [1.82, 2.24) is 13.6 Å². The molecule has 228 valence electrons. The van der Waals surface area contributed by atoms with Crippen LogP contribution in [0.4, 0.5) is 5.82 Å². The maximum atomic E-state index is 13.7. The van der Waals surface area contributed by atoms with Crippen molar-refractivity contribution in [2.75, 3.05) is 44.4 Å². The van der Waals surface area contributed by atoms with Crippen LogP contribution in [-0.4, -0.2) is 99.5 Å². The summed E-state index contributed by atoms with van der Waals surface area (Å²) in [5.41, 5.74) is -2.81. The van der Waals surface area contributed by atoms with Crippen LogP contribution in [0.15, 0.2) is 0 Å². The highest BCUT2D eigenvalue weighted by Gasteiger charge is 2.43. The molecule has 0 aromatic carbocycles. The summed E-state index contributed by atoms with van der Waals surface area (Å²) in [4.78, 5) is 42.4. The summed E-state index contributed by atoms with van der Waals surface area (Å²) in [5, 5.41) is 0. The van der Waals surface area contributed by atoms with Gasteiger partial charge >= 0.3 is 0 Å². The zero-order valence-corrected chi connectivity index (χ0v) is 26.7. The fraction of sp³-hybridized carbons (Fsp3) is 0.821. The predicted molar refractivity (Wildman–Crippen MR) is 154 cm³/mol. The van der Waals surface area contributed by atoms with Crippen LogP contribution in [0.2, 0.25) is 0 Å². The van der Waals surface area contributed by atoms with Gasteiger partial charge in [0, 0.05) is 25.6 Å². The summed E-state index contributed by atoms with van der Waals surface area (Å²) in [7, 11) is 0. The second-order valence-electron chi connectivity index (χ2n) is 11.7. The fourth-order valence-electron chi connectivity index (χ4n) is 4.58. The number of rotatable bonds is 15. The number of hydrogen-bond donors (Lipinski definition) is 0. The molecule has 0 radical (unpaired) electrons. The van der Waals surface area contributed by atoms with Crippen molar-refractivity contribution in [3.8, 4) is 5.88 Å². The van der Waals surface area contributed by atoms with Gasteiger partial charge in [-0.3, -0.25) is 14.4 Å². The monoisotopic (exact) mass is 584 g/mol. The van der Waals surface area contributed by atoms with Crippen molar-refractivity contribution in [2.24, 2.45) is 0 Å². The first-order valence-corrected chi connectivity index (χ1v) is 14.8. The Kier molecular flexibility index (Phi) is 12.0. The lowest BCUT2D eigenvalue weighted by molar-refractivity contribution is -0.178. The Labute approximate surface area is 243 Å². The molecule has 0 aliphatic carbocycles. The van der Waals surface area contributed by atoms with Gasteiger partial charge in [0.25, 0.3) is 5.88 Å². The van der Waals surface area contributed by atoms with Crippen LogP contribution in [0.25, 0.3) is 0 Å². The minimum absolute atomic E-state index is 0.0425. The van der Waals surface area contributed by atoms with Gasteiger partial charge in [-0.2, -0.15) is 4.37 Å². The lowest BCUT2D eigenvalue weighted by Crippen LogP contribution is -2.54. The summed E-state index contributed by atoms with van der Waals surface area (Å²) in [5.74, 6) is 0.482. The van der Waals surface area contributed by atoms with Gasteiger partial charge in [-0.1, -0.05) is 13.8 Å². The van der Waals surface area contributed by atoms with E-state index in [0.29, 0.717) is 50.8 Å². The molecular weight excluding hydrogens is 536 g/mol. The minimum atomic E-state index is -1.26. The molecule has 2 heterocycles. The van der Waals surface area contributed by atoms with Crippen LogP contribution >= 0.6 is 11.7 Å². The fourth-order valence-corrected chi connectivity index (χ4v) is 5.10. The summed E-state index contributed by atoms with van der Waals surface area (Å²) >= 11 is 1.06. The Morgan fingerprint density at radius 2 is 1.60 bits per heavy atom. The molecule has 0 spiro atoms. The van der Waals surface area contributed by atoms with Crippen LogP contribution in [0, 0.1) is 0 Å². The molecule has 1 aromatic rings. The van der Waals surface area contributed by atoms with E-state index in [0.717, 1.165) is 11.7 Å². The Balaban J connectivity index is 2.31. The number of Topliss-reactive ketones (excluding diaryl/α,β-unsaturated/α-hetero) is 2. The lowest BCUT2D eigenvalue weighted by Gasteiger charge is -2.40. The molecule has 1 aliphatic rings. The minimum Gasteiger partial charge on any atom is -0.472 e. The highest BCUT2D eigenvalue weighted by molar-refractivity contribution is 6.99. The van der Waals surface area contributed by atoms with Gasteiger partial charge in [0.15, 0.2) is 11.6 Å². The van der Waals surface area contributed by atoms with E-state index in [-0.39, 0.29) is 30.6 Å². The molecule has 1 saturated heterocycles. The van der Waals surface area contributed by atoms with Crippen LogP contribution in [0.3, 0.4) is 0 Å². The molecule has 0 saturated carbocycles. The molecule has 0 N–H and O–H groups in total. The van der Waals surface area contributed by atoms with Crippen molar-refractivity contribution in [3.63, 3.8) is 0 Å². The second kappa shape index (κ2) is 14.2. The molecule has 4 atom stereocenters. The number of morpholine rings is 1. The molecule has 12 heteroatoms. The molecule has 2 unspecified atom stereocenters. The number of ether oxygens (including phenoxy) is 4. The van der Waals surface area contributed by atoms with Gasteiger partial charge in [-0.25, -0.2) is 0 Å². The number of carbonyl (C=O) groups is 3. The topological polar surface area (TPSA) is 120 Å². The van der Waals surface area contributed by atoms with Crippen LogP contribution in [-0.2, 0) is 28.6 Å². The Bertz CT molecular complexity index is 1010. The predicted octanol–water partition coefficient (Wildman–Crippen LogP) is 3.69. The number of nitrogens with zero attached hydrogens (tertiary/aromatic N) is 4. The third-order valence-electron chi connectivity index (χ3n) is 7.58. The highest BCUT2D eigenvalue weighted by atomic mass is 32.1. The molecule has 40 heavy (non-hydrogen) atoms. The maximum absolute atomic E-state index is 13.7. The third-order valence-corrected chi connectivity index (χ3v) is 8.09. The van der Waals surface area contributed by atoms with E-state index in [1.807, 2.05) is 34.6 Å². The largest absolute Gasteiger partial charge is 0.472 e. The van der Waals surface area contributed by atoms with Gasteiger partial charge in [0.05, 0.1) is 31.5 Å². The second-order valence-corrected chi connectivity index (χ2v) is 12.2. The summed E-state index contributed by atoms with van der Waals surface area (Å²) < 4.78 is 32.9. The first kappa shape index (κ1) is 34.1. The van der Waals surface area contributed by atoms with E-state index in [2.05, 4.69) is 13.6 Å². The Morgan fingerprint density at radius 1 is 1.00 bits per heavy atom. The molecule has 1 aliphatic heterocycles. The summed E-state index contributed by atoms with van der Waals surface area (Å²) in [6.45, 7) is 20.4. The van der Waals surface area contributed by atoms with E-state index >= 15 is 0 Å². The molecule has 1 aromatic heterocycles. The number of ketones is 2. The molecule has 11 nitrogen and oxygen atoms in total. The van der Waals surface area contributed by atoms with Gasteiger partial charge in [0.2, 0.25) is 11.7 Å². The van der Waals surface area contributed by atoms with Gasteiger partial charge in [0.1, 0.15) is 30.0 Å². The number of amides is 1. The zero-order valence-electron chi connectivity index (χ0n) is 25.9. The van der Waals surface area contributed by atoms with E-state index in [9.17, 15) is 14.4 Å². The molecule has 0 bridgehead atoms. The molecule has 1 fully saturated rings. The first-order chi connectivity index (χ1) is 18.6.